The van der Waals surface area contributed by atoms with Gasteiger partial charge in [0, 0.05) is 6.54 Å². The van der Waals surface area contributed by atoms with Crippen LogP contribution >= 0.6 is 0 Å². The van der Waals surface area contributed by atoms with E-state index in [0.717, 1.165) is 18.0 Å². The van der Waals surface area contributed by atoms with Crippen LogP contribution in [-0.2, 0) is 11.3 Å². The van der Waals surface area contributed by atoms with Gasteiger partial charge in [-0.25, -0.2) is 0 Å². The Bertz CT molecular complexity index is 378. The summed E-state index contributed by atoms with van der Waals surface area (Å²) >= 11 is 0. The number of hydrogen-bond acceptors (Lipinski definition) is 3. The minimum absolute atomic E-state index is 0.385. The summed E-state index contributed by atoms with van der Waals surface area (Å²) in [5.41, 5.74) is 1.64. The van der Waals surface area contributed by atoms with Crippen LogP contribution in [-0.4, -0.2) is 30.9 Å². The molecule has 3 nitrogen and oxygen atoms in total. The summed E-state index contributed by atoms with van der Waals surface area (Å²) in [6.07, 6.45) is 0.867. The van der Waals surface area contributed by atoms with Crippen LogP contribution in [0.3, 0.4) is 0 Å². The largest absolute Gasteiger partial charge is 0.389 e. The highest BCUT2D eigenvalue weighted by atomic mass is 16.5. The summed E-state index contributed by atoms with van der Waals surface area (Å²) in [5.74, 6) is 0.768. The van der Waals surface area contributed by atoms with Crippen molar-refractivity contribution < 1.29 is 9.84 Å². The van der Waals surface area contributed by atoms with Crippen LogP contribution in [0.4, 0.5) is 0 Å². The highest BCUT2D eigenvalue weighted by molar-refractivity contribution is 5.13. The van der Waals surface area contributed by atoms with Crippen molar-refractivity contribution in [3.05, 3.63) is 35.9 Å². The van der Waals surface area contributed by atoms with Gasteiger partial charge >= 0.3 is 0 Å². The molecule has 1 aromatic carbocycles. The summed E-state index contributed by atoms with van der Waals surface area (Å²) in [6, 6.07) is 10.0. The minimum atomic E-state index is -0.425. The zero-order valence-corrected chi connectivity index (χ0v) is 11.9. The van der Waals surface area contributed by atoms with Gasteiger partial charge in [0.15, 0.2) is 0 Å². The summed E-state index contributed by atoms with van der Waals surface area (Å²) in [6.45, 7) is 7.14. The first-order chi connectivity index (χ1) is 9.08. The molecule has 0 bridgehead atoms. The van der Waals surface area contributed by atoms with Gasteiger partial charge in [0.05, 0.1) is 19.3 Å². The van der Waals surface area contributed by atoms with E-state index in [0.29, 0.717) is 25.2 Å². The number of nitrogens with one attached hydrogen (secondary N) is 1. The topological polar surface area (TPSA) is 41.5 Å². The molecule has 0 amide bonds. The quantitative estimate of drug-likeness (QED) is 0.755. The van der Waals surface area contributed by atoms with Crippen molar-refractivity contribution >= 4 is 0 Å². The molecule has 1 fully saturated rings. The molecule has 1 aliphatic carbocycles. The summed E-state index contributed by atoms with van der Waals surface area (Å²) < 4.78 is 5.51. The van der Waals surface area contributed by atoms with E-state index in [1.54, 1.807) is 0 Å². The van der Waals surface area contributed by atoms with E-state index in [1.807, 2.05) is 30.3 Å². The lowest BCUT2D eigenvalue weighted by Gasteiger charge is -2.13. The lowest BCUT2D eigenvalue weighted by Crippen LogP contribution is -2.32. The first kappa shape index (κ1) is 14.5. The minimum Gasteiger partial charge on any atom is -0.389 e. The summed E-state index contributed by atoms with van der Waals surface area (Å²) in [7, 11) is 0. The fourth-order valence-corrected chi connectivity index (χ4v) is 2.29. The first-order valence-corrected chi connectivity index (χ1v) is 7.08. The monoisotopic (exact) mass is 263 g/mol. The molecule has 106 valence electrons. The van der Waals surface area contributed by atoms with E-state index in [4.69, 9.17) is 4.74 Å². The molecule has 1 aliphatic rings. The lowest BCUT2D eigenvalue weighted by atomic mass is 10.1. The van der Waals surface area contributed by atoms with Gasteiger partial charge < -0.3 is 15.2 Å². The molecule has 2 N–H and O–H groups in total. The van der Waals surface area contributed by atoms with Crippen molar-refractivity contribution in [3.63, 3.8) is 0 Å². The molecule has 2 unspecified atom stereocenters. The van der Waals surface area contributed by atoms with Crippen molar-refractivity contribution in [2.75, 3.05) is 19.7 Å². The van der Waals surface area contributed by atoms with Crippen molar-refractivity contribution in [1.82, 2.24) is 5.32 Å². The zero-order valence-electron chi connectivity index (χ0n) is 11.9. The van der Waals surface area contributed by atoms with E-state index in [9.17, 15) is 5.11 Å². The van der Waals surface area contributed by atoms with Crippen LogP contribution in [0.25, 0.3) is 0 Å². The fourth-order valence-electron chi connectivity index (χ4n) is 2.29. The second kappa shape index (κ2) is 6.51. The molecule has 19 heavy (non-hydrogen) atoms. The Balaban J connectivity index is 1.51. The Hall–Kier alpha value is -0.900. The number of benzene rings is 1. The van der Waals surface area contributed by atoms with E-state index in [-0.39, 0.29) is 0 Å². The Morgan fingerprint density at radius 1 is 1.37 bits per heavy atom. The smallest absolute Gasteiger partial charge is 0.0897 e. The maximum absolute atomic E-state index is 9.80. The number of aliphatic hydroxyl groups excluding tert-OH is 1. The summed E-state index contributed by atoms with van der Waals surface area (Å²) in [5, 5.41) is 13.1. The van der Waals surface area contributed by atoms with E-state index in [2.05, 4.69) is 19.2 Å². The number of aliphatic hydroxyl groups is 1. The Morgan fingerprint density at radius 3 is 2.68 bits per heavy atom. The van der Waals surface area contributed by atoms with Gasteiger partial charge in [0.1, 0.15) is 0 Å². The molecule has 2 rings (SSSR count). The van der Waals surface area contributed by atoms with Gasteiger partial charge in [-0.05, 0) is 29.9 Å². The molecule has 2 atom stereocenters. The number of hydrogen-bond donors (Lipinski definition) is 2. The standard InChI is InChI=1S/C16H25NO2/c1-16(2)8-14(16)9-17-10-15(18)12-19-11-13-6-4-3-5-7-13/h3-7,14-15,17-18H,8-12H2,1-2H3. The third kappa shape index (κ3) is 4.94. The highest BCUT2D eigenvalue weighted by Gasteiger charge is 2.44. The maximum Gasteiger partial charge on any atom is 0.0897 e. The lowest BCUT2D eigenvalue weighted by molar-refractivity contribution is 0.0287. The molecule has 0 saturated heterocycles. The normalized spacial score (nSPS) is 22.2. The summed E-state index contributed by atoms with van der Waals surface area (Å²) in [4.78, 5) is 0. The van der Waals surface area contributed by atoms with Gasteiger partial charge in [-0.3, -0.25) is 0 Å². The third-order valence-corrected chi connectivity index (χ3v) is 3.91. The molecule has 0 spiro atoms. The molecule has 1 aromatic rings. The van der Waals surface area contributed by atoms with Gasteiger partial charge in [-0.15, -0.1) is 0 Å². The van der Waals surface area contributed by atoms with Crippen molar-refractivity contribution in [2.45, 2.75) is 33.0 Å². The molecule has 3 heteroatoms. The van der Waals surface area contributed by atoms with Crippen LogP contribution in [0.5, 0.6) is 0 Å². The molecular formula is C16H25NO2. The molecule has 0 aromatic heterocycles. The van der Waals surface area contributed by atoms with Crippen molar-refractivity contribution in [3.8, 4) is 0 Å². The predicted molar refractivity (Wildman–Crippen MR) is 76.9 cm³/mol. The molecular weight excluding hydrogens is 238 g/mol. The Morgan fingerprint density at radius 2 is 2.05 bits per heavy atom. The van der Waals surface area contributed by atoms with Crippen molar-refractivity contribution in [1.29, 1.82) is 0 Å². The SMILES string of the molecule is CC1(C)CC1CNCC(O)COCc1ccccc1. The van der Waals surface area contributed by atoms with Crippen LogP contribution in [0.2, 0.25) is 0 Å². The average Bonchev–Trinajstić information content (AvgIpc) is 2.98. The third-order valence-electron chi connectivity index (χ3n) is 3.91. The zero-order chi connectivity index (χ0) is 13.7. The average molecular weight is 263 g/mol. The van der Waals surface area contributed by atoms with Crippen LogP contribution in [0.15, 0.2) is 30.3 Å². The molecule has 1 saturated carbocycles. The van der Waals surface area contributed by atoms with Gasteiger partial charge in [-0.1, -0.05) is 44.2 Å². The molecule has 0 radical (unpaired) electrons. The maximum atomic E-state index is 9.80. The molecule has 0 aliphatic heterocycles. The second-order valence-corrected chi connectivity index (χ2v) is 6.20. The molecule has 0 heterocycles. The van der Waals surface area contributed by atoms with Crippen molar-refractivity contribution in [2.24, 2.45) is 11.3 Å². The van der Waals surface area contributed by atoms with Crippen LogP contribution in [0, 0.1) is 11.3 Å². The van der Waals surface area contributed by atoms with E-state index >= 15 is 0 Å². The van der Waals surface area contributed by atoms with E-state index < -0.39 is 6.10 Å². The Kier molecular flexibility index (Phi) is 4.97. The highest BCUT2D eigenvalue weighted by Crippen LogP contribution is 2.50. The van der Waals surface area contributed by atoms with Crippen LogP contribution < -0.4 is 5.32 Å². The number of rotatable bonds is 8. The fraction of sp³-hybridized carbons (Fsp3) is 0.625. The van der Waals surface area contributed by atoms with Crippen LogP contribution in [0.1, 0.15) is 25.8 Å². The van der Waals surface area contributed by atoms with E-state index in [1.165, 1.54) is 6.42 Å². The number of ether oxygens (including phenoxy) is 1. The first-order valence-electron chi connectivity index (χ1n) is 7.08. The van der Waals surface area contributed by atoms with Gasteiger partial charge in [0.25, 0.3) is 0 Å². The van der Waals surface area contributed by atoms with Gasteiger partial charge in [0.2, 0.25) is 0 Å². The van der Waals surface area contributed by atoms with Gasteiger partial charge in [-0.2, -0.15) is 0 Å². The predicted octanol–water partition coefficient (Wildman–Crippen LogP) is 2.20. The second-order valence-electron chi connectivity index (χ2n) is 6.20. The Labute approximate surface area is 116 Å².